The third-order valence-corrected chi connectivity index (χ3v) is 3.81. The number of hydrogen-bond acceptors (Lipinski definition) is 2. The molecule has 0 aliphatic rings. The van der Waals surface area contributed by atoms with Gasteiger partial charge in [-0.3, -0.25) is 0 Å². The minimum absolute atomic E-state index is 1.23. The van der Waals surface area contributed by atoms with Gasteiger partial charge in [0.2, 0.25) is 0 Å². The Labute approximate surface area is 78.1 Å². The van der Waals surface area contributed by atoms with Gasteiger partial charge in [0.25, 0.3) is 0 Å². The zero-order valence-electron chi connectivity index (χ0n) is 6.13. The summed E-state index contributed by atoms with van der Waals surface area (Å²) in [6.07, 6.45) is 0. The van der Waals surface area contributed by atoms with Crippen molar-refractivity contribution in [1.29, 1.82) is 0 Å². The van der Waals surface area contributed by atoms with Gasteiger partial charge in [0.15, 0.2) is 0 Å². The fraction of sp³-hybridized carbons (Fsp3) is 0. The van der Waals surface area contributed by atoms with Crippen molar-refractivity contribution in [2.24, 2.45) is 0 Å². The molecule has 0 amide bonds. The molecular weight excluding hydrogens is 184 g/mol. The van der Waals surface area contributed by atoms with Crippen LogP contribution in [0, 0.1) is 11.4 Å². The van der Waals surface area contributed by atoms with Gasteiger partial charge in [-0.05, 0) is 16.8 Å². The zero-order valence-corrected chi connectivity index (χ0v) is 7.76. The second-order valence-corrected chi connectivity index (χ2v) is 4.33. The van der Waals surface area contributed by atoms with Crippen LogP contribution in [0.1, 0.15) is 0 Å². The molecule has 2 radical (unpaired) electrons. The molecular formula is C10H4S2. The SMILES string of the molecule is [c]1cc2ccc3[c]csc3c2s1. The van der Waals surface area contributed by atoms with E-state index in [1.54, 1.807) is 22.7 Å². The van der Waals surface area contributed by atoms with E-state index in [4.69, 9.17) is 0 Å². The molecule has 0 bridgehead atoms. The van der Waals surface area contributed by atoms with Gasteiger partial charge >= 0.3 is 0 Å². The summed E-state index contributed by atoms with van der Waals surface area (Å²) in [4.78, 5) is 0. The molecule has 0 atom stereocenters. The standard InChI is InChI=1S/C10H4S2/c1-2-8-4-6-12-10(8)9-7(1)3-5-11-9/h1-3,6H. The fourth-order valence-electron chi connectivity index (χ4n) is 1.33. The van der Waals surface area contributed by atoms with Gasteiger partial charge in [0.1, 0.15) is 0 Å². The summed E-state index contributed by atoms with van der Waals surface area (Å²) in [6.45, 7) is 0. The van der Waals surface area contributed by atoms with E-state index >= 15 is 0 Å². The first-order valence-electron chi connectivity index (χ1n) is 3.62. The summed E-state index contributed by atoms with van der Waals surface area (Å²) in [6, 6.07) is 9.51. The molecule has 0 spiro atoms. The van der Waals surface area contributed by atoms with Crippen LogP contribution in [0.2, 0.25) is 0 Å². The number of hydrogen-bond donors (Lipinski definition) is 0. The van der Waals surface area contributed by atoms with Gasteiger partial charge in [0, 0.05) is 16.8 Å². The van der Waals surface area contributed by atoms with Crippen molar-refractivity contribution in [3.05, 3.63) is 35.0 Å². The van der Waals surface area contributed by atoms with E-state index in [1.165, 1.54) is 20.2 Å². The van der Waals surface area contributed by atoms with Gasteiger partial charge in [-0.1, -0.05) is 12.1 Å². The monoisotopic (exact) mass is 188 g/mol. The van der Waals surface area contributed by atoms with Crippen molar-refractivity contribution in [2.45, 2.75) is 0 Å². The first-order chi connectivity index (χ1) is 5.95. The maximum absolute atomic E-state index is 3.21. The van der Waals surface area contributed by atoms with Crippen LogP contribution in [0.4, 0.5) is 0 Å². The van der Waals surface area contributed by atoms with Crippen molar-refractivity contribution in [1.82, 2.24) is 0 Å². The maximum Gasteiger partial charge on any atom is 0.0528 e. The summed E-state index contributed by atoms with van der Waals surface area (Å²) in [5, 5.41) is 7.69. The second kappa shape index (κ2) is 2.31. The highest BCUT2D eigenvalue weighted by Crippen LogP contribution is 2.32. The van der Waals surface area contributed by atoms with E-state index in [1.807, 2.05) is 11.4 Å². The normalized spacial score (nSPS) is 11.3. The molecule has 0 N–H and O–H groups in total. The molecule has 0 aliphatic carbocycles. The molecule has 2 aromatic heterocycles. The molecule has 1 aromatic carbocycles. The smallest absolute Gasteiger partial charge is 0.0528 e. The number of thiophene rings is 2. The summed E-state index contributed by atoms with van der Waals surface area (Å²) in [5.74, 6) is 0. The highest BCUT2D eigenvalue weighted by atomic mass is 32.1. The van der Waals surface area contributed by atoms with E-state index in [0.29, 0.717) is 0 Å². The first-order valence-corrected chi connectivity index (χ1v) is 5.32. The van der Waals surface area contributed by atoms with Gasteiger partial charge in [-0.2, -0.15) is 0 Å². The molecule has 0 fully saturated rings. The number of benzene rings is 1. The molecule has 0 aliphatic heterocycles. The quantitative estimate of drug-likeness (QED) is 0.504. The molecule has 2 heterocycles. The highest BCUT2D eigenvalue weighted by Gasteiger charge is 2.01. The Morgan fingerprint density at radius 2 is 2.17 bits per heavy atom. The van der Waals surface area contributed by atoms with Crippen LogP contribution in [0.5, 0.6) is 0 Å². The van der Waals surface area contributed by atoms with Crippen LogP contribution in [-0.2, 0) is 0 Å². The van der Waals surface area contributed by atoms with Crippen LogP contribution in [0.15, 0.2) is 23.6 Å². The molecule has 0 saturated heterocycles. The van der Waals surface area contributed by atoms with E-state index in [-0.39, 0.29) is 0 Å². The topological polar surface area (TPSA) is 0 Å². The average Bonchev–Trinajstić information content (AvgIpc) is 2.71. The molecule has 0 nitrogen and oxygen atoms in total. The number of fused-ring (bicyclic) bond motifs is 3. The van der Waals surface area contributed by atoms with Crippen molar-refractivity contribution in [2.75, 3.05) is 0 Å². The molecule has 0 saturated carbocycles. The van der Waals surface area contributed by atoms with Gasteiger partial charge in [-0.15, -0.1) is 22.7 Å². The van der Waals surface area contributed by atoms with Gasteiger partial charge in [-0.25, -0.2) is 0 Å². The minimum atomic E-state index is 1.23. The molecule has 2 heteroatoms. The zero-order chi connectivity index (χ0) is 7.97. The molecule has 3 aromatic rings. The van der Waals surface area contributed by atoms with Gasteiger partial charge < -0.3 is 0 Å². The van der Waals surface area contributed by atoms with Crippen molar-refractivity contribution in [3.8, 4) is 0 Å². The molecule has 56 valence electrons. The van der Waals surface area contributed by atoms with Crippen molar-refractivity contribution in [3.63, 3.8) is 0 Å². The summed E-state index contributed by atoms with van der Waals surface area (Å²) >= 11 is 3.44. The Kier molecular flexibility index (Phi) is 1.28. The lowest BCUT2D eigenvalue weighted by Gasteiger charge is -1.89. The van der Waals surface area contributed by atoms with Crippen LogP contribution in [-0.4, -0.2) is 0 Å². The van der Waals surface area contributed by atoms with Crippen LogP contribution in [0.3, 0.4) is 0 Å². The fourth-order valence-corrected chi connectivity index (χ4v) is 3.13. The lowest BCUT2D eigenvalue weighted by Crippen LogP contribution is -1.62. The lowest BCUT2D eigenvalue weighted by molar-refractivity contribution is 1.96. The predicted octanol–water partition coefficient (Wildman–Crippen LogP) is 3.72. The molecule has 3 rings (SSSR count). The van der Waals surface area contributed by atoms with E-state index in [0.717, 1.165) is 0 Å². The summed E-state index contributed by atoms with van der Waals surface area (Å²) in [7, 11) is 0. The van der Waals surface area contributed by atoms with E-state index in [2.05, 4.69) is 23.6 Å². The predicted molar refractivity (Wildman–Crippen MR) is 54.9 cm³/mol. The third kappa shape index (κ3) is 0.765. The third-order valence-electron chi connectivity index (χ3n) is 1.91. The van der Waals surface area contributed by atoms with Crippen LogP contribution in [0.25, 0.3) is 20.2 Å². The van der Waals surface area contributed by atoms with Crippen LogP contribution >= 0.6 is 22.7 Å². The Morgan fingerprint density at radius 1 is 1.17 bits per heavy atom. The summed E-state index contributed by atoms with van der Waals surface area (Å²) in [5.41, 5.74) is 0. The maximum atomic E-state index is 3.21. The van der Waals surface area contributed by atoms with Gasteiger partial charge in [0.05, 0.1) is 9.40 Å². The van der Waals surface area contributed by atoms with Crippen molar-refractivity contribution < 1.29 is 0 Å². The molecule has 0 unspecified atom stereocenters. The Hall–Kier alpha value is -0.860. The van der Waals surface area contributed by atoms with E-state index in [9.17, 15) is 0 Å². The second-order valence-electron chi connectivity index (χ2n) is 2.60. The number of rotatable bonds is 0. The highest BCUT2D eigenvalue weighted by molar-refractivity contribution is 7.25. The van der Waals surface area contributed by atoms with E-state index < -0.39 is 0 Å². The summed E-state index contributed by atoms with van der Waals surface area (Å²) < 4.78 is 2.69. The lowest BCUT2D eigenvalue weighted by atomic mass is 10.2. The van der Waals surface area contributed by atoms with Crippen LogP contribution < -0.4 is 0 Å². The Bertz CT molecular complexity index is 481. The Morgan fingerprint density at radius 3 is 3.17 bits per heavy atom. The first kappa shape index (κ1) is 6.63. The van der Waals surface area contributed by atoms with Crippen molar-refractivity contribution >= 4 is 42.8 Å². The largest absolute Gasteiger partial charge is 0.142 e. The molecule has 12 heavy (non-hydrogen) atoms. The Balaban J connectivity index is 2.71. The minimum Gasteiger partial charge on any atom is -0.142 e. The average molecular weight is 188 g/mol.